The highest BCUT2D eigenvalue weighted by Gasteiger charge is 2.16. The molecular weight excluding hydrogens is 382 g/mol. The van der Waals surface area contributed by atoms with Crippen molar-refractivity contribution in [3.8, 4) is 0 Å². The van der Waals surface area contributed by atoms with E-state index in [0.29, 0.717) is 31.5 Å². The molecule has 1 aliphatic rings. The van der Waals surface area contributed by atoms with E-state index in [4.69, 9.17) is 9.15 Å². The number of rotatable bonds is 8. The number of fused-ring (bicyclic) bond motifs is 1. The molecule has 0 unspecified atom stereocenters. The van der Waals surface area contributed by atoms with Crippen LogP contribution in [0.25, 0.3) is 11.1 Å². The molecule has 30 heavy (non-hydrogen) atoms. The van der Waals surface area contributed by atoms with E-state index in [-0.39, 0.29) is 11.7 Å². The average Bonchev–Trinajstić information content (AvgIpc) is 3.09. The summed E-state index contributed by atoms with van der Waals surface area (Å²) >= 11 is 0. The van der Waals surface area contributed by atoms with Gasteiger partial charge >= 0.3 is 5.76 Å². The first-order valence-corrected chi connectivity index (χ1v) is 10.5. The molecule has 0 spiro atoms. The first kappa shape index (κ1) is 20.4. The Morgan fingerprint density at radius 1 is 1.03 bits per heavy atom. The highest BCUT2D eigenvalue weighted by molar-refractivity contribution is 5.76. The summed E-state index contributed by atoms with van der Waals surface area (Å²) in [6, 6.07) is 15.6. The van der Waals surface area contributed by atoms with Gasteiger partial charge in [0.25, 0.3) is 0 Å². The minimum absolute atomic E-state index is 0.00984. The minimum Gasteiger partial charge on any atom is -0.408 e. The van der Waals surface area contributed by atoms with Gasteiger partial charge in [-0.1, -0.05) is 36.4 Å². The molecule has 158 valence electrons. The number of carbonyl (C=O) groups excluding carboxylic acids is 1. The number of ether oxygens (including phenoxy) is 1. The second-order valence-corrected chi connectivity index (χ2v) is 7.68. The van der Waals surface area contributed by atoms with Crippen LogP contribution < -0.4 is 16.0 Å². The number of aryl methyl sites for hydroxylation is 1. The van der Waals surface area contributed by atoms with Crippen molar-refractivity contribution >= 4 is 17.0 Å². The predicted octanol–water partition coefficient (Wildman–Crippen LogP) is 1.11. The lowest BCUT2D eigenvalue weighted by atomic mass is 10.1. The van der Waals surface area contributed by atoms with Gasteiger partial charge in [-0.25, -0.2) is 4.79 Å². The maximum absolute atomic E-state index is 12.4. The Kier molecular flexibility index (Phi) is 6.61. The number of quaternary nitrogens is 1. The van der Waals surface area contributed by atoms with E-state index in [9.17, 15) is 9.59 Å². The largest absolute Gasteiger partial charge is 0.419 e. The molecule has 1 aromatic heterocycles. The normalized spacial score (nSPS) is 14.8. The molecule has 0 aliphatic carbocycles. The SMILES string of the molecule is O=C(CCCn1c(=O)oc2ccccc21)NCc1ccccc1C[NH+]1CCOCC1. The molecule has 1 fully saturated rings. The molecule has 7 nitrogen and oxygen atoms in total. The number of benzene rings is 2. The lowest BCUT2D eigenvalue weighted by Crippen LogP contribution is -3.12. The van der Waals surface area contributed by atoms with Crippen LogP contribution in [0.5, 0.6) is 0 Å². The summed E-state index contributed by atoms with van der Waals surface area (Å²) in [5, 5.41) is 3.02. The van der Waals surface area contributed by atoms with Crippen molar-refractivity contribution in [3.63, 3.8) is 0 Å². The summed E-state index contributed by atoms with van der Waals surface area (Å²) < 4.78 is 12.3. The summed E-state index contributed by atoms with van der Waals surface area (Å²) in [6.07, 6.45) is 0.942. The zero-order valence-corrected chi connectivity index (χ0v) is 17.1. The van der Waals surface area contributed by atoms with Gasteiger partial charge in [0.2, 0.25) is 5.91 Å². The Hall–Kier alpha value is -2.90. The van der Waals surface area contributed by atoms with Crippen LogP contribution in [0.3, 0.4) is 0 Å². The summed E-state index contributed by atoms with van der Waals surface area (Å²) in [5.41, 5.74) is 3.77. The van der Waals surface area contributed by atoms with E-state index >= 15 is 0 Å². The van der Waals surface area contributed by atoms with E-state index in [0.717, 1.165) is 43.9 Å². The number of aromatic nitrogens is 1. The smallest absolute Gasteiger partial charge is 0.408 e. The third-order valence-electron chi connectivity index (χ3n) is 5.59. The number of nitrogens with one attached hydrogen (secondary N) is 2. The maximum Gasteiger partial charge on any atom is 0.419 e. The van der Waals surface area contributed by atoms with E-state index in [1.54, 1.807) is 10.6 Å². The fourth-order valence-electron chi connectivity index (χ4n) is 3.91. The summed E-state index contributed by atoms with van der Waals surface area (Å²) in [4.78, 5) is 25.9. The summed E-state index contributed by atoms with van der Waals surface area (Å²) in [5.74, 6) is -0.388. The van der Waals surface area contributed by atoms with Crippen LogP contribution in [-0.2, 0) is 29.2 Å². The standard InChI is InChI=1S/C23H27N3O4/c27-22(10-5-11-26-20-8-3-4-9-21(20)30-23(26)28)24-16-18-6-1-2-7-19(18)17-25-12-14-29-15-13-25/h1-4,6-9H,5,10-17H2,(H,24,27)/p+1. The molecule has 2 heterocycles. The molecule has 1 aliphatic heterocycles. The van der Waals surface area contributed by atoms with Crippen LogP contribution >= 0.6 is 0 Å². The molecule has 0 radical (unpaired) electrons. The van der Waals surface area contributed by atoms with Crippen LogP contribution in [0.4, 0.5) is 0 Å². The molecule has 7 heteroatoms. The molecule has 0 bridgehead atoms. The van der Waals surface area contributed by atoms with Gasteiger partial charge < -0.3 is 19.4 Å². The molecular formula is C23H28N3O4+. The van der Waals surface area contributed by atoms with Gasteiger partial charge in [0.1, 0.15) is 19.6 Å². The van der Waals surface area contributed by atoms with Crippen LogP contribution in [0.1, 0.15) is 24.0 Å². The Morgan fingerprint density at radius 3 is 2.60 bits per heavy atom. The zero-order chi connectivity index (χ0) is 20.8. The number of carbonyl (C=O) groups is 1. The second kappa shape index (κ2) is 9.73. The number of nitrogens with zero attached hydrogens (tertiary/aromatic N) is 1. The highest BCUT2D eigenvalue weighted by Crippen LogP contribution is 2.12. The summed E-state index contributed by atoms with van der Waals surface area (Å²) in [7, 11) is 0. The van der Waals surface area contributed by atoms with Gasteiger partial charge in [0.05, 0.1) is 18.7 Å². The molecule has 0 atom stereocenters. The molecule has 2 N–H and O–H groups in total. The van der Waals surface area contributed by atoms with E-state index in [2.05, 4.69) is 17.4 Å². The van der Waals surface area contributed by atoms with Crippen molar-refractivity contribution in [1.82, 2.24) is 9.88 Å². The van der Waals surface area contributed by atoms with Crippen molar-refractivity contribution in [3.05, 3.63) is 70.2 Å². The third-order valence-corrected chi connectivity index (χ3v) is 5.59. The highest BCUT2D eigenvalue weighted by atomic mass is 16.5. The Morgan fingerprint density at radius 2 is 1.77 bits per heavy atom. The fraction of sp³-hybridized carbons (Fsp3) is 0.391. The Labute approximate surface area is 175 Å². The van der Waals surface area contributed by atoms with Crippen LogP contribution in [0.2, 0.25) is 0 Å². The topological polar surface area (TPSA) is 77.9 Å². The van der Waals surface area contributed by atoms with Gasteiger partial charge in [0, 0.05) is 25.1 Å². The van der Waals surface area contributed by atoms with Gasteiger partial charge in [0.15, 0.2) is 5.58 Å². The maximum atomic E-state index is 12.4. The number of oxazole rings is 1. The van der Waals surface area contributed by atoms with Crippen molar-refractivity contribution < 1.29 is 18.8 Å². The number of morpholine rings is 1. The zero-order valence-electron chi connectivity index (χ0n) is 17.1. The van der Waals surface area contributed by atoms with Gasteiger partial charge in [-0.05, 0) is 24.1 Å². The van der Waals surface area contributed by atoms with Crippen LogP contribution in [0, 0.1) is 0 Å². The van der Waals surface area contributed by atoms with Crippen molar-refractivity contribution in [2.75, 3.05) is 26.3 Å². The van der Waals surface area contributed by atoms with E-state index in [1.807, 2.05) is 30.3 Å². The number of para-hydroxylation sites is 2. The third kappa shape index (κ3) is 4.98. The molecule has 1 saturated heterocycles. The van der Waals surface area contributed by atoms with Gasteiger partial charge in [-0.2, -0.15) is 0 Å². The Bertz CT molecular complexity index is 1050. The van der Waals surface area contributed by atoms with E-state index in [1.165, 1.54) is 10.5 Å². The average molecular weight is 410 g/mol. The van der Waals surface area contributed by atoms with Crippen molar-refractivity contribution in [1.29, 1.82) is 0 Å². The summed E-state index contributed by atoms with van der Waals surface area (Å²) in [6.45, 7) is 5.58. The second-order valence-electron chi connectivity index (χ2n) is 7.68. The van der Waals surface area contributed by atoms with Crippen LogP contribution in [0.15, 0.2) is 57.7 Å². The minimum atomic E-state index is -0.379. The molecule has 3 aromatic rings. The van der Waals surface area contributed by atoms with Gasteiger partial charge in [-0.3, -0.25) is 9.36 Å². The van der Waals surface area contributed by atoms with E-state index < -0.39 is 0 Å². The molecule has 1 amide bonds. The monoisotopic (exact) mass is 410 g/mol. The molecule has 0 saturated carbocycles. The lowest BCUT2D eigenvalue weighted by molar-refractivity contribution is -0.921. The van der Waals surface area contributed by atoms with Gasteiger partial charge in [-0.15, -0.1) is 0 Å². The molecule has 4 rings (SSSR count). The number of amides is 1. The quantitative estimate of drug-likeness (QED) is 0.583. The lowest BCUT2D eigenvalue weighted by Gasteiger charge is -2.24. The predicted molar refractivity (Wildman–Crippen MR) is 113 cm³/mol. The first-order chi connectivity index (χ1) is 14.7. The first-order valence-electron chi connectivity index (χ1n) is 10.5. The fourth-order valence-corrected chi connectivity index (χ4v) is 3.91. The number of hydrogen-bond acceptors (Lipinski definition) is 4. The molecule has 2 aromatic carbocycles. The Balaban J connectivity index is 1.28. The number of hydrogen-bond donors (Lipinski definition) is 2. The van der Waals surface area contributed by atoms with Crippen molar-refractivity contribution in [2.24, 2.45) is 0 Å². The van der Waals surface area contributed by atoms with Crippen molar-refractivity contribution in [2.45, 2.75) is 32.5 Å². The van der Waals surface area contributed by atoms with Crippen LogP contribution in [-0.4, -0.2) is 36.8 Å².